The van der Waals surface area contributed by atoms with E-state index >= 15 is 0 Å². The van der Waals surface area contributed by atoms with Gasteiger partial charge in [0.05, 0.1) is 15.6 Å². The summed E-state index contributed by atoms with van der Waals surface area (Å²) in [6, 6.07) is 16.9. The molecule has 0 bridgehead atoms. The highest BCUT2D eigenvalue weighted by atomic mass is 35.5. The first-order chi connectivity index (χ1) is 19.0. The van der Waals surface area contributed by atoms with Gasteiger partial charge in [-0.3, -0.25) is 13.9 Å². The summed E-state index contributed by atoms with van der Waals surface area (Å²) in [6.07, 6.45) is 0.960. The van der Waals surface area contributed by atoms with E-state index in [4.69, 9.17) is 23.2 Å². The quantitative estimate of drug-likeness (QED) is 0.271. The minimum absolute atomic E-state index is 0.00148. The van der Waals surface area contributed by atoms with Gasteiger partial charge in [-0.25, -0.2) is 12.8 Å². The number of benzene rings is 3. The third kappa shape index (κ3) is 7.53. The predicted molar refractivity (Wildman–Crippen MR) is 156 cm³/mol. The van der Waals surface area contributed by atoms with Gasteiger partial charge in [0.1, 0.15) is 18.4 Å². The molecule has 3 aromatic carbocycles. The molecule has 3 rings (SSSR count). The second-order valence-corrected chi connectivity index (χ2v) is 12.0. The topological polar surface area (TPSA) is 86.8 Å². The summed E-state index contributed by atoms with van der Waals surface area (Å²) in [5.74, 6) is -1.74. The molecule has 11 heteroatoms. The van der Waals surface area contributed by atoms with E-state index in [1.165, 1.54) is 23.1 Å². The summed E-state index contributed by atoms with van der Waals surface area (Å²) in [5, 5.41) is 3.01. The van der Waals surface area contributed by atoms with E-state index in [0.717, 1.165) is 16.4 Å². The van der Waals surface area contributed by atoms with Crippen molar-refractivity contribution in [3.63, 3.8) is 0 Å². The maximum absolute atomic E-state index is 14.0. The fourth-order valence-corrected chi connectivity index (χ4v) is 5.86. The zero-order chi connectivity index (χ0) is 29.4. The Bertz CT molecular complexity index is 1440. The van der Waals surface area contributed by atoms with Crippen molar-refractivity contribution in [3.05, 3.63) is 94.2 Å². The van der Waals surface area contributed by atoms with Gasteiger partial charge in [0, 0.05) is 17.6 Å². The molecule has 0 heterocycles. The van der Waals surface area contributed by atoms with E-state index < -0.39 is 34.3 Å². The summed E-state index contributed by atoms with van der Waals surface area (Å²) >= 11 is 12.4. The molecule has 214 valence electrons. The summed E-state index contributed by atoms with van der Waals surface area (Å²) in [4.78, 5) is 28.6. The number of nitrogens with one attached hydrogen (secondary N) is 1. The molecule has 0 saturated heterocycles. The van der Waals surface area contributed by atoms with Crippen molar-refractivity contribution in [3.8, 4) is 0 Å². The van der Waals surface area contributed by atoms with E-state index in [-0.39, 0.29) is 40.5 Å². The highest BCUT2D eigenvalue weighted by Crippen LogP contribution is 2.29. The number of sulfonamides is 1. The van der Waals surface area contributed by atoms with Gasteiger partial charge in [-0.2, -0.15) is 0 Å². The van der Waals surface area contributed by atoms with Gasteiger partial charge in [0.2, 0.25) is 11.8 Å². The van der Waals surface area contributed by atoms with Crippen LogP contribution in [0.5, 0.6) is 0 Å². The number of carbonyl (C=O) groups is 2. The van der Waals surface area contributed by atoms with Crippen LogP contribution in [0.2, 0.25) is 10.0 Å². The SMILES string of the molecule is CC[C@H](C(=O)N[C@@H](C)CC)N(Cc1ccccc1Cl)C(=O)CN(c1ccc(F)c(Cl)c1)S(=O)(=O)c1ccccc1. The molecule has 0 fully saturated rings. The number of halogens is 3. The molecule has 3 aromatic rings. The lowest BCUT2D eigenvalue weighted by Gasteiger charge is -2.34. The molecule has 0 saturated carbocycles. The average Bonchev–Trinajstić information content (AvgIpc) is 2.94. The molecule has 0 spiro atoms. The zero-order valence-electron chi connectivity index (χ0n) is 22.5. The molecular weight excluding hydrogens is 576 g/mol. The fraction of sp³-hybridized carbons (Fsp3) is 0.310. The van der Waals surface area contributed by atoms with E-state index in [9.17, 15) is 22.4 Å². The first-order valence-electron chi connectivity index (χ1n) is 12.9. The van der Waals surface area contributed by atoms with Crippen molar-refractivity contribution in [2.24, 2.45) is 0 Å². The number of hydrogen-bond donors (Lipinski definition) is 1. The van der Waals surface area contributed by atoms with Crippen LogP contribution in [0.3, 0.4) is 0 Å². The van der Waals surface area contributed by atoms with Crippen LogP contribution in [0.25, 0.3) is 0 Å². The molecule has 0 unspecified atom stereocenters. The lowest BCUT2D eigenvalue weighted by atomic mass is 10.1. The molecular formula is C29H32Cl2FN3O4S. The minimum atomic E-state index is -4.29. The molecule has 0 radical (unpaired) electrons. The molecule has 2 amide bonds. The van der Waals surface area contributed by atoms with Gasteiger partial charge in [-0.15, -0.1) is 0 Å². The highest BCUT2D eigenvalue weighted by molar-refractivity contribution is 7.92. The van der Waals surface area contributed by atoms with Gasteiger partial charge in [0.15, 0.2) is 0 Å². The Kier molecular flexibility index (Phi) is 11.0. The van der Waals surface area contributed by atoms with E-state index in [0.29, 0.717) is 17.0 Å². The lowest BCUT2D eigenvalue weighted by molar-refractivity contribution is -0.140. The first kappa shape index (κ1) is 31.4. The Morgan fingerprint density at radius 1 is 0.925 bits per heavy atom. The third-order valence-corrected chi connectivity index (χ3v) is 8.93. The maximum Gasteiger partial charge on any atom is 0.264 e. The number of nitrogens with zero attached hydrogens (tertiary/aromatic N) is 2. The zero-order valence-corrected chi connectivity index (χ0v) is 24.8. The van der Waals surface area contributed by atoms with Crippen molar-refractivity contribution in [1.29, 1.82) is 0 Å². The van der Waals surface area contributed by atoms with Crippen molar-refractivity contribution in [1.82, 2.24) is 10.2 Å². The summed E-state index contributed by atoms with van der Waals surface area (Å²) in [7, 11) is -4.29. The molecule has 0 aliphatic carbocycles. The summed E-state index contributed by atoms with van der Waals surface area (Å²) in [5.41, 5.74) is 0.591. The Labute approximate surface area is 244 Å². The summed E-state index contributed by atoms with van der Waals surface area (Å²) in [6.45, 7) is 4.85. The molecule has 40 heavy (non-hydrogen) atoms. The van der Waals surface area contributed by atoms with Crippen LogP contribution < -0.4 is 9.62 Å². The number of amides is 2. The minimum Gasteiger partial charge on any atom is -0.352 e. The van der Waals surface area contributed by atoms with Crippen molar-refractivity contribution >= 4 is 50.7 Å². The van der Waals surface area contributed by atoms with Crippen LogP contribution >= 0.6 is 23.2 Å². The number of hydrogen-bond acceptors (Lipinski definition) is 4. The monoisotopic (exact) mass is 607 g/mol. The van der Waals surface area contributed by atoms with Crippen LogP contribution in [0.1, 0.15) is 39.2 Å². The van der Waals surface area contributed by atoms with Crippen LogP contribution in [0, 0.1) is 5.82 Å². The predicted octanol–water partition coefficient (Wildman–Crippen LogP) is 6.05. The maximum atomic E-state index is 14.0. The van der Waals surface area contributed by atoms with Crippen LogP contribution in [0.4, 0.5) is 10.1 Å². The number of rotatable bonds is 12. The Morgan fingerprint density at radius 3 is 2.17 bits per heavy atom. The lowest BCUT2D eigenvalue weighted by Crippen LogP contribution is -2.53. The van der Waals surface area contributed by atoms with Gasteiger partial charge in [-0.05, 0) is 61.7 Å². The fourth-order valence-electron chi connectivity index (χ4n) is 4.06. The molecule has 7 nitrogen and oxygen atoms in total. The van der Waals surface area contributed by atoms with Crippen LogP contribution in [-0.4, -0.2) is 43.8 Å². The number of carbonyl (C=O) groups excluding carboxylic acids is 2. The van der Waals surface area contributed by atoms with E-state index in [2.05, 4.69) is 5.32 Å². The third-order valence-electron chi connectivity index (χ3n) is 6.49. The van der Waals surface area contributed by atoms with Gasteiger partial charge in [0.25, 0.3) is 10.0 Å². The normalized spacial score (nSPS) is 12.8. The van der Waals surface area contributed by atoms with Gasteiger partial charge >= 0.3 is 0 Å². The van der Waals surface area contributed by atoms with Crippen LogP contribution in [0.15, 0.2) is 77.7 Å². The molecule has 2 atom stereocenters. The standard InChI is InChI=1S/C29H32Cl2FN3O4S/c1-4-20(3)33-29(37)27(5-2)34(18-21-11-9-10-14-24(21)30)28(36)19-35(22-15-16-26(32)25(31)17-22)40(38,39)23-12-7-6-8-13-23/h6-17,20,27H,4-5,18-19H2,1-3H3,(H,33,37)/t20-,27+/m0/s1. The highest BCUT2D eigenvalue weighted by Gasteiger charge is 2.34. The average molecular weight is 609 g/mol. The first-order valence-corrected chi connectivity index (χ1v) is 15.0. The molecule has 0 aromatic heterocycles. The Hall–Kier alpha value is -3.14. The van der Waals surface area contributed by atoms with Crippen molar-refractivity contribution in [2.45, 2.75) is 57.1 Å². The van der Waals surface area contributed by atoms with Gasteiger partial charge in [-0.1, -0.05) is 73.4 Å². The molecule has 0 aliphatic rings. The Morgan fingerprint density at radius 2 is 1.57 bits per heavy atom. The van der Waals surface area contributed by atoms with Crippen molar-refractivity contribution in [2.75, 3.05) is 10.8 Å². The second kappa shape index (κ2) is 14.0. The van der Waals surface area contributed by atoms with E-state index in [1.54, 1.807) is 49.4 Å². The smallest absolute Gasteiger partial charge is 0.264 e. The molecule has 0 aliphatic heterocycles. The van der Waals surface area contributed by atoms with Crippen molar-refractivity contribution < 1.29 is 22.4 Å². The van der Waals surface area contributed by atoms with Gasteiger partial charge < -0.3 is 10.2 Å². The van der Waals surface area contributed by atoms with E-state index in [1.807, 2.05) is 13.8 Å². The Balaban J connectivity index is 2.08. The molecule has 1 N–H and O–H groups in total. The number of anilines is 1. The second-order valence-electron chi connectivity index (χ2n) is 9.28. The van der Waals surface area contributed by atoms with Crippen LogP contribution in [-0.2, 0) is 26.2 Å². The largest absolute Gasteiger partial charge is 0.352 e. The summed E-state index contributed by atoms with van der Waals surface area (Å²) < 4.78 is 42.4.